The van der Waals surface area contributed by atoms with Crippen LogP contribution >= 0.6 is 0 Å². The summed E-state index contributed by atoms with van der Waals surface area (Å²) in [5, 5.41) is 18.4. The summed E-state index contributed by atoms with van der Waals surface area (Å²) in [6.45, 7) is 0. The van der Waals surface area contributed by atoms with Crippen molar-refractivity contribution in [2.45, 2.75) is 12.3 Å². The highest BCUT2D eigenvalue weighted by atomic mass is 14.3. The minimum absolute atomic E-state index is 0.192. The van der Waals surface area contributed by atoms with Gasteiger partial charge in [-0.15, -0.1) is 0 Å². The van der Waals surface area contributed by atoms with Gasteiger partial charge in [0, 0.05) is 5.92 Å². The molecule has 0 aromatic heterocycles. The van der Waals surface area contributed by atoms with E-state index < -0.39 is 0 Å². The van der Waals surface area contributed by atoms with E-state index in [0.717, 1.165) is 6.42 Å². The van der Waals surface area contributed by atoms with Crippen LogP contribution in [0.1, 0.15) is 29.0 Å². The lowest BCUT2D eigenvalue weighted by Gasteiger charge is -2.25. The van der Waals surface area contributed by atoms with E-state index in [2.05, 4.69) is 212 Å². The Balaban J connectivity index is 0.952. The standard InChI is InChI=1S/C60H38/c1-2-18-51-37(8-1)9-7-19-52(51)50-35-48(44-14-5-16-46(32-44)53-28-24-42-22-20-38-10-3-12-40-26-30-55(53)59(42)57(38)40)34-49(36-50)45-15-6-17-47(33-45)54-29-25-43-23-21-39-11-4-13-41-27-31-56(54)60(43)58(39)41/h1-33,35-36,48H,34H2. The van der Waals surface area contributed by atoms with Gasteiger partial charge in [0.2, 0.25) is 0 Å². The molecule has 1 atom stereocenters. The van der Waals surface area contributed by atoms with Gasteiger partial charge in [0.25, 0.3) is 0 Å². The molecule has 0 spiro atoms. The van der Waals surface area contributed by atoms with E-state index >= 15 is 0 Å². The predicted octanol–water partition coefficient (Wildman–Crippen LogP) is 16.6. The monoisotopic (exact) mass is 758 g/mol. The largest absolute Gasteiger partial charge is 0.0688 e. The molecular formula is C60H38. The minimum Gasteiger partial charge on any atom is -0.0688 e. The Labute approximate surface area is 348 Å². The molecule has 60 heavy (non-hydrogen) atoms. The zero-order valence-corrected chi connectivity index (χ0v) is 33.0. The maximum atomic E-state index is 2.53. The Bertz CT molecular complexity index is 3710. The molecule has 0 nitrogen and oxygen atoms in total. The van der Waals surface area contributed by atoms with Crippen LogP contribution in [0.4, 0.5) is 0 Å². The van der Waals surface area contributed by atoms with E-state index in [1.807, 2.05) is 0 Å². The molecule has 0 heteroatoms. The van der Waals surface area contributed by atoms with Crippen LogP contribution in [0.3, 0.4) is 0 Å². The summed E-state index contributed by atoms with van der Waals surface area (Å²) in [5.41, 5.74) is 11.6. The van der Waals surface area contributed by atoms with E-state index in [-0.39, 0.29) is 5.92 Å². The van der Waals surface area contributed by atoms with Gasteiger partial charge in [-0.25, -0.2) is 0 Å². The molecule has 0 amide bonds. The summed E-state index contributed by atoms with van der Waals surface area (Å²) in [5.74, 6) is 0.192. The Morgan fingerprint density at radius 3 is 1.47 bits per heavy atom. The van der Waals surface area contributed by atoms with Crippen LogP contribution in [0.15, 0.2) is 212 Å². The van der Waals surface area contributed by atoms with Gasteiger partial charge >= 0.3 is 0 Å². The maximum Gasteiger partial charge on any atom is 0.00680 e. The zero-order chi connectivity index (χ0) is 39.3. The number of allylic oxidation sites excluding steroid dienone is 4. The van der Waals surface area contributed by atoms with Gasteiger partial charge in [-0.2, -0.15) is 0 Å². The van der Waals surface area contributed by atoms with Gasteiger partial charge in [0.05, 0.1) is 0 Å². The number of benzene rings is 12. The van der Waals surface area contributed by atoms with Crippen LogP contribution in [0.5, 0.6) is 0 Å². The van der Waals surface area contributed by atoms with Crippen LogP contribution in [-0.2, 0) is 0 Å². The molecule has 1 aliphatic rings. The number of fused-ring (bicyclic) bond motifs is 1. The third kappa shape index (κ3) is 5.11. The molecule has 0 radical (unpaired) electrons. The molecular weight excluding hydrogens is 721 g/mol. The van der Waals surface area contributed by atoms with Gasteiger partial charge in [0.15, 0.2) is 0 Å². The van der Waals surface area contributed by atoms with E-state index in [0.29, 0.717) is 0 Å². The first kappa shape index (κ1) is 33.4. The topological polar surface area (TPSA) is 0 Å². The van der Waals surface area contributed by atoms with Crippen LogP contribution < -0.4 is 0 Å². The molecule has 1 aliphatic carbocycles. The second-order valence-electron chi connectivity index (χ2n) is 16.8. The van der Waals surface area contributed by atoms with Gasteiger partial charge < -0.3 is 0 Å². The Kier molecular flexibility index (Phi) is 7.23. The van der Waals surface area contributed by atoms with Gasteiger partial charge in [-0.05, 0) is 138 Å². The van der Waals surface area contributed by atoms with Gasteiger partial charge in [-0.3, -0.25) is 0 Å². The molecule has 12 aromatic carbocycles. The van der Waals surface area contributed by atoms with E-state index in [1.165, 1.54) is 125 Å². The van der Waals surface area contributed by atoms with Gasteiger partial charge in [-0.1, -0.05) is 206 Å². The number of hydrogen-bond acceptors (Lipinski definition) is 0. The lowest BCUT2D eigenvalue weighted by molar-refractivity contribution is 0.871. The summed E-state index contributed by atoms with van der Waals surface area (Å²) in [6.07, 6.45) is 5.91. The van der Waals surface area contributed by atoms with Crippen molar-refractivity contribution >= 4 is 86.6 Å². The molecule has 0 saturated carbocycles. The second-order valence-corrected chi connectivity index (χ2v) is 16.8. The molecule has 13 rings (SSSR count). The summed E-state index contributed by atoms with van der Waals surface area (Å²) >= 11 is 0. The Hall–Kier alpha value is -7.54. The minimum atomic E-state index is 0.192. The molecule has 12 aromatic rings. The average molecular weight is 759 g/mol. The van der Waals surface area contributed by atoms with Crippen molar-refractivity contribution in [2.75, 3.05) is 0 Å². The molecule has 0 saturated heterocycles. The number of hydrogen-bond donors (Lipinski definition) is 0. The van der Waals surface area contributed by atoms with Crippen LogP contribution in [0, 0.1) is 0 Å². The first-order valence-corrected chi connectivity index (χ1v) is 21.2. The number of rotatable bonds is 5. The molecule has 0 N–H and O–H groups in total. The Morgan fingerprint density at radius 1 is 0.317 bits per heavy atom. The summed E-state index contributed by atoms with van der Waals surface area (Å²) in [4.78, 5) is 0. The van der Waals surface area contributed by atoms with Crippen molar-refractivity contribution in [2.24, 2.45) is 0 Å². The lowest BCUT2D eigenvalue weighted by Crippen LogP contribution is -2.04. The second kappa shape index (κ2) is 13.0. The summed E-state index contributed by atoms with van der Waals surface area (Å²) in [6, 6.07) is 75.1. The summed E-state index contributed by atoms with van der Waals surface area (Å²) in [7, 11) is 0. The maximum absolute atomic E-state index is 2.53. The van der Waals surface area contributed by atoms with Crippen molar-refractivity contribution in [1.82, 2.24) is 0 Å². The highest BCUT2D eigenvalue weighted by Gasteiger charge is 2.22. The fraction of sp³-hybridized carbons (Fsp3) is 0.0333. The molecule has 0 bridgehead atoms. The van der Waals surface area contributed by atoms with E-state index in [1.54, 1.807) is 0 Å². The SMILES string of the molecule is C1=C(c2cccc(-c3ccc4ccc5cccc6ccc3c4c56)c2)CC(c2cccc(-c3ccc4ccc5cccc6ccc3c4c56)c2)C=C1c1cccc2ccccc12. The lowest BCUT2D eigenvalue weighted by atomic mass is 9.79. The highest BCUT2D eigenvalue weighted by molar-refractivity contribution is 6.26. The molecule has 278 valence electrons. The fourth-order valence-corrected chi connectivity index (χ4v) is 10.7. The van der Waals surface area contributed by atoms with E-state index in [4.69, 9.17) is 0 Å². The third-order valence-corrected chi connectivity index (χ3v) is 13.5. The molecule has 0 heterocycles. The first-order chi connectivity index (χ1) is 29.7. The summed E-state index contributed by atoms with van der Waals surface area (Å²) < 4.78 is 0. The Morgan fingerprint density at radius 2 is 0.800 bits per heavy atom. The quantitative estimate of drug-likeness (QED) is 0.153. The molecule has 0 fully saturated rings. The van der Waals surface area contributed by atoms with Crippen LogP contribution in [0.2, 0.25) is 0 Å². The fourth-order valence-electron chi connectivity index (χ4n) is 10.7. The smallest absolute Gasteiger partial charge is 0.00680 e. The average Bonchev–Trinajstić information content (AvgIpc) is 3.32. The van der Waals surface area contributed by atoms with Crippen LogP contribution in [-0.4, -0.2) is 0 Å². The first-order valence-electron chi connectivity index (χ1n) is 21.2. The molecule has 1 unspecified atom stereocenters. The normalized spacial score (nSPS) is 14.6. The zero-order valence-electron chi connectivity index (χ0n) is 33.0. The van der Waals surface area contributed by atoms with Crippen molar-refractivity contribution in [3.63, 3.8) is 0 Å². The van der Waals surface area contributed by atoms with Crippen molar-refractivity contribution in [3.8, 4) is 22.3 Å². The third-order valence-electron chi connectivity index (χ3n) is 13.5. The van der Waals surface area contributed by atoms with Crippen molar-refractivity contribution < 1.29 is 0 Å². The van der Waals surface area contributed by atoms with Crippen molar-refractivity contribution in [3.05, 3.63) is 229 Å². The van der Waals surface area contributed by atoms with Crippen molar-refractivity contribution in [1.29, 1.82) is 0 Å². The van der Waals surface area contributed by atoms with Crippen LogP contribution in [0.25, 0.3) is 109 Å². The van der Waals surface area contributed by atoms with Gasteiger partial charge in [0.1, 0.15) is 0 Å². The molecule has 0 aliphatic heterocycles. The highest BCUT2D eigenvalue weighted by Crippen LogP contribution is 2.45. The van der Waals surface area contributed by atoms with E-state index in [9.17, 15) is 0 Å². The predicted molar refractivity (Wildman–Crippen MR) is 258 cm³/mol.